The van der Waals surface area contributed by atoms with Crippen molar-refractivity contribution in [3.05, 3.63) is 0 Å². The second-order valence-electron chi connectivity index (χ2n) is 7.35. The normalized spacial score (nSPS) is 45.2. The molecule has 104 valence electrons. The monoisotopic (exact) mass is 252 g/mol. The zero-order valence-corrected chi connectivity index (χ0v) is 11.9. The van der Waals surface area contributed by atoms with Gasteiger partial charge in [-0.25, -0.2) is 0 Å². The lowest BCUT2D eigenvalue weighted by molar-refractivity contribution is -0.145. The van der Waals surface area contributed by atoms with Gasteiger partial charge in [0.25, 0.3) is 0 Å². The molecule has 4 fully saturated rings. The van der Waals surface area contributed by atoms with E-state index in [2.05, 4.69) is 13.8 Å². The minimum atomic E-state index is -0.222. The van der Waals surface area contributed by atoms with E-state index in [0.29, 0.717) is 6.61 Å². The van der Waals surface area contributed by atoms with Gasteiger partial charge in [0.2, 0.25) is 0 Å². The number of hydrogen-bond donors (Lipinski definition) is 1. The summed E-state index contributed by atoms with van der Waals surface area (Å²) >= 11 is 0. The predicted octanol–water partition coefficient (Wildman–Crippen LogP) is 3.38. The maximum Gasteiger partial charge on any atom is 0.0830 e. The first-order valence-corrected chi connectivity index (χ1v) is 7.91. The quantitative estimate of drug-likeness (QED) is 0.813. The van der Waals surface area contributed by atoms with Crippen LogP contribution in [0.1, 0.15) is 58.8 Å². The molecule has 0 aromatic rings. The lowest BCUT2D eigenvalue weighted by Crippen LogP contribution is -2.53. The van der Waals surface area contributed by atoms with E-state index in [1.54, 1.807) is 0 Å². The molecule has 18 heavy (non-hydrogen) atoms. The molecule has 4 bridgehead atoms. The van der Waals surface area contributed by atoms with Crippen molar-refractivity contribution in [2.24, 2.45) is 23.2 Å². The summed E-state index contributed by atoms with van der Waals surface area (Å²) < 4.78 is 5.79. The Morgan fingerprint density at radius 3 is 2.06 bits per heavy atom. The highest BCUT2D eigenvalue weighted by Crippen LogP contribution is 2.61. The summed E-state index contributed by atoms with van der Waals surface area (Å²) in [5.74, 6) is 2.73. The van der Waals surface area contributed by atoms with Gasteiger partial charge in [-0.05, 0) is 75.0 Å². The summed E-state index contributed by atoms with van der Waals surface area (Å²) in [7, 11) is 0. The number of aliphatic hydroxyl groups excluding tert-OH is 1. The van der Waals surface area contributed by atoms with Gasteiger partial charge >= 0.3 is 0 Å². The molecule has 2 heteroatoms. The number of aliphatic hydroxyl groups is 1. The van der Waals surface area contributed by atoms with Crippen molar-refractivity contribution >= 4 is 0 Å². The van der Waals surface area contributed by atoms with Crippen LogP contribution in [-0.4, -0.2) is 23.9 Å². The van der Waals surface area contributed by atoms with Gasteiger partial charge in [0.15, 0.2) is 0 Å². The molecule has 4 aliphatic rings. The fourth-order valence-electron chi connectivity index (χ4n) is 5.14. The Morgan fingerprint density at radius 1 is 1.11 bits per heavy atom. The molecule has 0 radical (unpaired) electrons. The minimum Gasteiger partial charge on any atom is -0.390 e. The van der Waals surface area contributed by atoms with E-state index in [9.17, 15) is 5.11 Å². The van der Waals surface area contributed by atoms with Gasteiger partial charge in [-0.3, -0.25) is 0 Å². The molecule has 2 nitrogen and oxygen atoms in total. The summed E-state index contributed by atoms with van der Waals surface area (Å²) in [4.78, 5) is 0. The molecule has 0 aromatic carbocycles. The molecule has 4 saturated carbocycles. The first-order valence-electron chi connectivity index (χ1n) is 7.91. The maximum absolute atomic E-state index is 10.6. The minimum absolute atomic E-state index is 0.222. The van der Waals surface area contributed by atoms with E-state index >= 15 is 0 Å². The molecule has 4 aliphatic carbocycles. The molecular formula is C16H28O2. The van der Waals surface area contributed by atoms with Crippen LogP contribution in [0.5, 0.6) is 0 Å². The third kappa shape index (κ3) is 2.22. The van der Waals surface area contributed by atoms with E-state index in [-0.39, 0.29) is 17.6 Å². The largest absolute Gasteiger partial charge is 0.390 e. The number of rotatable bonds is 5. The standard InChI is InChI=1S/C16H28O2/c1-3-11(2)18-10-15(17)16-7-12-4-13(8-16)6-14(5-12)9-16/h11-15,17H,3-10H2,1-2H3. The Hall–Kier alpha value is -0.0800. The first-order chi connectivity index (χ1) is 8.61. The van der Waals surface area contributed by atoms with E-state index < -0.39 is 0 Å². The Balaban J connectivity index is 1.63. The van der Waals surface area contributed by atoms with Crippen LogP contribution in [0.2, 0.25) is 0 Å². The zero-order chi connectivity index (χ0) is 12.8. The van der Waals surface area contributed by atoms with Crippen molar-refractivity contribution in [3.8, 4) is 0 Å². The highest BCUT2D eigenvalue weighted by molar-refractivity contribution is 5.04. The first kappa shape index (κ1) is 12.9. The van der Waals surface area contributed by atoms with Crippen LogP contribution < -0.4 is 0 Å². The van der Waals surface area contributed by atoms with E-state index in [1.165, 1.54) is 38.5 Å². The molecule has 0 heterocycles. The number of hydrogen-bond acceptors (Lipinski definition) is 2. The van der Waals surface area contributed by atoms with Gasteiger partial charge < -0.3 is 9.84 Å². The van der Waals surface area contributed by atoms with E-state index in [4.69, 9.17) is 4.74 Å². The van der Waals surface area contributed by atoms with Crippen LogP contribution in [0, 0.1) is 23.2 Å². The Bertz CT molecular complexity index is 264. The average Bonchev–Trinajstić information content (AvgIpc) is 2.33. The van der Waals surface area contributed by atoms with Gasteiger partial charge in [0.05, 0.1) is 18.8 Å². The van der Waals surface area contributed by atoms with Gasteiger partial charge in [0.1, 0.15) is 0 Å². The number of ether oxygens (including phenoxy) is 1. The van der Waals surface area contributed by atoms with Crippen molar-refractivity contribution in [2.75, 3.05) is 6.61 Å². The highest BCUT2D eigenvalue weighted by Gasteiger charge is 2.53. The molecule has 0 aromatic heterocycles. The van der Waals surface area contributed by atoms with Crippen molar-refractivity contribution in [3.63, 3.8) is 0 Å². The van der Waals surface area contributed by atoms with Gasteiger partial charge in [0, 0.05) is 0 Å². The smallest absolute Gasteiger partial charge is 0.0830 e. The van der Waals surface area contributed by atoms with Crippen LogP contribution in [0.3, 0.4) is 0 Å². The summed E-state index contributed by atoms with van der Waals surface area (Å²) in [6, 6.07) is 0. The van der Waals surface area contributed by atoms with Crippen LogP contribution in [0.25, 0.3) is 0 Å². The van der Waals surface area contributed by atoms with Crippen LogP contribution in [-0.2, 0) is 4.74 Å². The molecule has 0 saturated heterocycles. The van der Waals surface area contributed by atoms with Crippen molar-refractivity contribution < 1.29 is 9.84 Å². The molecule has 2 atom stereocenters. The third-order valence-corrected chi connectivity index (χ3v) is 5.91. The molecule has 0 aliphatic heterocycles. The topological polar surface area (TPSA) is 29.5 Å². The van der Waals surface area contributed by atoms with E-state index in [0.717, 1.165) is 24.2 Å². The summed E-state index contributed by atoms with van der Waals surface area (Å²) in [5, 5.41) is 10.6. The van der Waals surface area contributed by atoms with Crippen molar-refractivity contribution in [1.82, 2.24) is 0 Å². The summed E-state index contributed by atoms with van der Waals surface area (Å²) in [6.45, 7) is 4.80. The lowest BCUT2D eigenvalue weighted by Gasteiger charge is -2.58. The molecule has 0 amide bonds. The van der Waals surface area contributed by atoms with Crippen LogP contribution in [0.15, 0.2) is 0 Å². The molecule has 0 spiro atoms. The fourth-order valence-corrected chi connectivity index (χ4v) is 5.14. The molecule has 1 N–H and O–H groups in total. The second-order valence-corrected chi connectivity index (χ2v) is 7.35. The van der Waals surface area contributed by atoms with Gasteiger partial charge in [-0.15, -0.1) is 0 Å². The Morgan fingerprint density at radius 2 is 1.61 bits per heavy atom. The SMILES string of the molecule is CCC(C)OCC(O)C12CC3CC(CC(C3)C1)C2. The second kappa shape index (κ2) is 4.79. The fraction of sp³-hybridized carbons (Fsp3) is 1.00. The van der Waals surface area contributed by atoms with Crippen molar-refractivity contribution in [2.45, 2.75) is 71.0 Å². The Kier molecular flexibility index (Phi) is 3.44. The third-order valence-electron chi connectivity index (χ3n) is 5.91. The summed E-state index contributed by atoms with van der Waals surface area (Å²) in [5.41, 5.74) is 0.224. The van der Waals surface area contributed by atoms with Crippen molar-refractivity contribution in [1.29, 1.82) is 0 Å². The lowest BCUT2D eigenvalue weighted by atomic mass is 9.48. The van der Waals surface area contributed by atoms with Gasteiger partial charge in [-0.1, -0.05) is 6.92 Å². The molecular weight excluding hydrogens is 224 g/mol. The highest BCUT2D eigenvalue weighted by atomic mass is 16.5. The average molecular weight is 252 g/mol. The molecule has 2 unspecified atom stereocenters. The van der Waals surface area contributed by atoms with E-state index in [1.807, 2.05) is 0 Å². The molecule has 4 rings (SSSR count). The van der Waals surface area contributed by atoms with Gasteiger partial charge in [-0.2, -0.15) is 0 Å². The van der Waals surface area contributed by atoms with Crippen LogP contribution >= 0.6 is 0 Å². The van der Waals surface area contributed by atoms with Crippen LogP contribution in [0.4, 0.5) is 0 Å². The summed E-state index contributed by atoms with van der Waals surface area (Å²) in [6.07, 6.45) is 9.23. The maximum atomic E-state index is 10.6. The Labute approximate surface area is 111 Å². The zero-order valence-electron chi connectivity index (χ0n) is 11.9. The predicted molar refractivity (Wildman–Crippen MR) is 72.3 cm³/mol.